The van der Waals surface area contributed by atoms with Gasteiger partial charge in [0.15, 0.2) is 0 Å². The van der Waals surface area contributed by atoms with Crippen molar-refractivity contribution in [2.24, 2.45) is 0 Å². The highest BCUT2D eigenvalue weighted by Gasteiger charge is 1.86. The SMILES string of the molecule is INCc1ccn[nH]1. The van der Waals surface area contributed by atoms with Crippen molar-refractivity contribution in [1.29, 1.82) is 0 Å². The zero-order valence-corrected chi connectivity index (χ0v) is 6.34. The molecule has 1 aromatic heterocycles. The number of halogens is 1. The van der Waals surface area contributed by atoms with Crippen molar-refractivity contribution in [3.63, 3.8) is 0 Å². The predicted molar refractivity (Wildman–Crippen MR) is 39.4 cm³/mol. The molecule has 0 radical (unpaired) electrons. The number of hydrogen-bond acceptors (Lipinski definition) is 2. The molecule has 1 rings (SSSR count). The van der Waals surface area contributed by atoms with Gasteiger partial charge in [0.2, 0.25) is 0 Å². The van der Waals surface area contributed by atoms with Gasteiger partial charge in [0, 0.05) is 41.3 Å². The lowest BCUT2D eigenvalue weighted by Crippen LogP contribution is -1.96. The fourth-order valence-corrected chi connectivity index (χ4v) is 0.866. The van der Waals surface area contributed by atoms with Gasteiger partial charge >= 0.3 is 0 Å². The monoisotopic (exact) mass is 223 g/mol. The second-order valence-corrected chi connectivity index (χ2v) is 2.16. The summed E-state index contributed by atoms with van der Waals surface area (Å²) in [6.45, 7) is 0.848. The molecule has 0 bridgehead atoms. The Morgan fingerprint density at radius 3 is 3.25 bits per heavy atom. The van der Waals surface area contributed by atoms with Crippen LogP contribution in [0, 0.1) is 0 Å². The molecular weight excluding hydrogens is 217 g/mol. The Hall–Kier alpha value is -0.100. The van der Waals surface area contributed by atoms with Crippen LogP contribution >= 0.6 is 22.9 Å². The van der Waals surface area contributed by atoms with Gasteiger partial charge in [0.25, 0.3) is 0 Å². The van der Waals surface area contributed by atoms with E-state index < -0.39 is 0 Å². The second-order valence-electron chi connectivity index (χ2n) is 1.39. The van der Waals surface area contributed by atoms with E-state index in [1.54, 1.807) is 6.20 Å². The summed E-state index contributed by atoms with van der Waals surface area (Å²) in [5.41, 5.74) is 1.11. The van der Waals surface area contributed by atoms with Crippen LogP contribution in [0.25, 0.3) is 0 Å². The van der Waals surface area contributed by atoms with Gasteiger partial charge in [-0.05, 0) is 6.07 Å². The first-order valence-corrected chi connectivity index (χ1v) is 3.33. The van der Waals surface area contributed by atoms with E-state index >= 15 is 0 Å². The van der Waals surface area contributed by atoms with E-state index in [1.165, 1.54) is 0 Å². The number of rotatable bonds is 2. The molecule has 0 fully saturated rings. The maximum absolute atomic E-state index is 3.77. The fourth-order valence-electron chi connectivity index (χ4n) is 0.455. The first-order valence-electron chi connectivity index (χ1n) is 2.25. The van der Waals surface area contributed by atoms with Crippen LogP contribution in [0.4, 0.5) is 0 Å². The van der Waals surface area contributed by atoms with Crippen molar-refractivity contribution in [2.75, 3.05) is 0 Å². The van der Waals surface area contributed by atoms with Gasteiger partial charge < -0.3 is 0 Å². The molecule has 0 spiro atoms. The lowest BCUT2D eigenvalue weighted by atomic mass is 10.5. The van der Waals surface area contributed by atoms with Crippen LogP contribution in [-0.2, 0) is 6.54 Å². The van der Waals surface area contributed by atoms with Crippen molar-refractivity contribution < 1.29 is 0 Å². The summed E-state index contributed by atoms with van der Waals surface area (Å²) >= 11 is 2.09. The van der Waals surface area contributed by atoms with Gasteiger partial charge in [-0.15, -0.1) is 0 Å². The lowest BCUT2D eigenvalue weighted by Gasteiger charge is -1.87. The minimum Gasteiger partial charge on any atom is -0.281 e. The van der Waals surface area contributed by atoms with Crippen LogP contribution in [0.1, 0.15) is 5.69 Å². The average Bonchev–Trinajstić information content (AvgIpc) is 2.19. The third-order valence-corrected chi connectivity index (χ3v) is 1.20. The number of nitrogens with one attached hydrogen (secondary N) is 2. The molecule has 44 valence electrons. The van der Waals surface area contributed by atoms with Crippen LogP contribution in [-0.4, -0.2) is 10.2 Å². The molecule has 0 saturated heterocycles. The van der Waals surface area contributed by atoms with Crippen molar-refractivity contribution in [3.8, 4) is 0 Å². The third-order valence-electron chi connectivity index (χ3n) is 0.816. The molecular formula is C4H6IN3. The third kappa shape index (κ3) is 1.45. The molecule has 2 N–H and O–H groups in total. The molecule has 0 saturated carbocycles. The summed E-state index contributed by atoms with van der Waals surface area (Å²) in [7, 11) is 0. The summed E-state index contributed by atoms with van der Waals surface area (Å²) in [5.74, 6) is 0. The second kappa shape index (κ2) is 3.03. The zero-order chi connectivity index (χ0) is 5.82. The van der Waals surface area contributed by atoms with Gasteiger partial charge in [0.05, 0.1) is 0 Å². The van der Waals surface area contributed by atoms with E-state index in [-0.39, 0.29) is 0 Å². The summed E-state index contributed by atoms with van der Waals surface area (Å²) in [6, 6.07) is 1.94. The van der Waals surface area contributed by atoms with E-state index in [2.05, 4.69) is 36.6 Å². The van der Waals surface area contributed by atoms with E-state index in [9.17, 15) is 0 Å². The number of aromatic nitrogens is 2. The van der Waals surface area contributed by atoms with E-state index in [1.807, 2.05) is 6.07 Å². The van der Waals surface area contributed by atoms with E-state index in [0.717, 1.165) is 12.2 Å². The Morgan fingerprint density at radius 2 is 2.75 bits per heavy atom. The number of nitrogens with zero attached hydrogens (tertiary/aromatic N) is 1. The largest absolute Gasteiger partial charge is 0.281 e. The average molecular weight is 223 g/mol. The minimum absolute atomic E-state index is 0.848. The van der Waals surface area contributed by atoms with Crippen molar-refractivity contribution in [2.45, 2.75) is 6.54 Å². The number of hydrogen-bond donors (Lipinski definition) is 2. The van der Waals surface area contributed by atoms with Gasteiger partial charge in [0.1, 0.15) is 0 Å². The molecule has 0 aliphatic rings. The highest BCUT2D eigenvalue weighted by Crippen LogP contribution is 1.89. The minimum atomic E-state index is 0.848. The van der Waals surface area contributed by atoms with Gasteiger partial charge in [-0.25, -0.2) is 0 Å². The van der Waals surface area contributed by atoms with Crippen LogP contribution in [0.2, 0.25) is 0 Å². The van der Waals surface area contributed by atoms with Crippen LogP contribution in [0.5, 0.6) is 0 Å². The molecule has 0 amide bonds. The molecule has 0 aliphatic carbocycles. The molecule has 1 aromatic rings. The summed E-state index contributed by atoms with van der Waals surface area (Å²) < 4.78 is 2.97. The Kier molecular flexibility index (Phi) is 2.28. The van der Waals surface area contributed by atoms with Crippen LogP contribution in [0.15, 0.2) is 12.3 Å². The molecule has 0 unspecified atom stereocenters. The maximum atomic E-state index is 3.77. The van der Waals surface area contributed by atoms with Gasteiger partial charge in [-0.1, -0.05) is 0 Å². The Bertz CT molecular complexity index is 137. The Balaban J connectivity index is 2.50. The molecule has 4 heteroatoms. The molecule has 8 heavy (non-hydrogen) atoms. The van der Waals surface area contributed by atoms with Crippen LogP contribution in [0.3, 0.4) is 0 Å². The molecule has 0 aromatic carbocycles. The lowest BCUT2D eigenvalue weighted by molar-refractivity contribution is 0.918. The first kappa shape index (κ1) is 6.03. The van der Waals surface area contributed by atoms with E-state index in [4.69, 9.17) is 0 Å². The fraction of sp³-hybridized carbons (Fsp3) is 0.250. The normalized spacial score (nSPS) is 9.62. The summed E-state index contributed by atoms with van der Waals surface area (Å²) in [4.78, 5) is 0. The van der Waals surface area contributed by atoms with E-state index in [0.29, 0.717) is 0 Å². The van der Waals surface area contributed by atoms with Crippen molar-refractivity contribution in [1.82, 2.24) is 13.7 Å². The highest BCUT2D eigenvalue weighted by molar-refractivity contribution is 14.1. The number of H-pyrrole nitrogens is 1. The molecule has 0 atom stereocenters. The zero-order valence-electron chi connectivity index (χ0n) is 4.19. The predicted octanol–water partition coefficient (Wildman–Crippen LogP) is 0.849. The quantitative estimate of drug-likeness (QED) is 0.576. The topological polar surface area (TPSA) is 40.7 Å². The van der Waals surface area contributed by atoms with Gasteiger partial charge in [-0.2, -0.15) is 5.10 Å². The van der Waals surface area contributed by atoms with Crippen molar-refractivity contribution in [3.05, 3.63) is 18.0 Å². The Morgan fingerprint density at radius 1 is 1.88 bits per heavy atom. The summed E-state index contributed by atoms with van der Waals surface area (Å²) in [5, 5.41) is 6.59. The smallest absolute Gasteiger partial charge is 0.0497 e. The number of aromatic amines is 1. The summed E-state index contributed by atoms with van der Waals surface area (Å²) in [6.07, 6.45) is 1.74. The first-order chi connectivity index (χ1) is 3.93. The molecule has 1 heterocycles. The molecule has 0 aliphatic heterocycles. The molecule has 3 nitrogen and oxygen atoms in total. The van der Waals surface area contributed by atoms with Crippen molar-refractivity contribution >= 4 is 22.9 Å². The standard InChI is InChI=1S/C4H6IN3/c5-6-3-4-1-2-7-8-4/h1-2,6H,3H2,(H,7,8). The highest BCUT2D eigenvalue weighted by atomic mass is 127. The Labute approximate surface area is 61.4 Å². The van der Waals surface area contributed by atoms with Crippen LogP contribution < -0.4 is 3.53 Å². The van der Waals surface area contributed by atoms with Gasteiger partial charge in [-0.3, -0.25) is 8.63 Å². The maximum Gasteiger partial charge on any atom is 0.0497 e.